The van der Waals surface area contributed by atoms with Crippen LogP contribution in [0.2, 0.25) is 5.02 Å². The van der Waals surface area contributed by atoms with Crippen molar-refractivity contribution >= 4 is 39.1 Å². The first kappa shape index (κ1) is 33.6. The monoisotopic (exact) mass is 647 g/mol. The quantitative estimate of drug-likeness (QED) is 0.181. The fraction of sp³-hybridized carbons (Fsp3) is 0.257. The molecule has 4 aromatic carbocycles. The molecule has 0 saturated heterocycles. The second-order valence-corrected chi connectivity index (χ2v) is 12.9. The summed E-state index contributed by atoms with van der Waals surface area (Å²) in [4.78, 5) is 29.8. The van der Waals surface area contributed by atoms with Crippen molar-refractivity contribution in [3.63, 3.8) is 0 Å². The minimum atomic E-state index is -4.24. The maximum absolute atomic E-state index is 14.5. The van der Waals surface area contributed by atoms with Crippen LogP contribution in [0.3, 0.4) is 0 Å². The van der Waals surface area contributed by atoms with E-state index >= 15 is 0 Å². The second kappa shape index (κ2) is 15.6. The van der Waals surface area contributed by atoms with Gasteiger partial charge >= 0.3 is 0 Å². The fourth-order valence-electron chi connectivity index (χ4n) is 4.93. The fourth-order valence-corrected chi connectivity index (χ4v) is 6.50. The summed E-state index contributed by atoms with van der Waals surface area (Å²) in [5.74, 6) is -0.590. The highest BCUT2D eigenvalue weighted by atomic mass is 35.5. The standard InChI is InChI=1S/C35H38ClN3O5S/c1-4-21-37-35(41)32(23-27-11-7-5-8-12-27)38(24-28-16-18-29(36)19-17-28)34(40)25-39(31-22-26(2)15-20-33(31)44-3)45(42,43)30-13-9-6-10-14-30/h5-20,22,32H,4,21,23-25H2,1-3H3,(H,37,41)/t32-/m1/s1. The van der Waals surface area contributed by atoms with E-state index in [1.54, 1.807) is 60.7 Å². The molecule has 4 rings (SSSR count). The van der Waals surface area contributed by atoms with Crippen molar-refractivity contribution in [2.75, 3.05) is 24.5 Å². The van der Waals surface area contributed by atoms with Gasteiger partial charge in [-0.05, 0) is 66.4 Å². The molecule has 8 nitrogen and oxygen atoms in total. The first-order valence-electron chi connectivity index (χ1n) is 14.7. The van der Waals surface area contributed by atoms with Gasteiger partial charge in [-0.3, -0.25) is 13.9 Å². The lowest BCUT2D eigenvalue weighted by Gasteiger charge is -2.34. The lowest BCUT2D eigenvalue weighted by atomic mass is 10.0. The molecule has 10 heteroatoms. The van der Waals surface area contributed by atoms with Gasteiger partial charge in [0.15, 0.2) is 0 Å². The molecule has 0 unspecified atom stereocenters. The first-order valence-corrected chi connectivity index (χ1v) is 16.5. The van der Waals surface area contributed by atoms with Gasteiger partial charge in [-0.15, -0.1) is 0 Å². The molecule has 1 atom stereocenters. The molecular weight excluding hydrogens is 610 g/mol. The molecule has 0 heterocycles. The maximum Gasteiger partial charge on any atom is 0.264 e. The number of ether oxygens (including phenoxy) is 1. The van der Waals surface area contributed by atoms with Gasteiger partial charge in [0, 0.05) is 24.5 Å². The van der Waals surface area contributed by atoms with Crippen LogP contribution in [0.5, 0.6) is 5.75 Å². The van der Waals surface area contributed by atoms with E-state index in [-0.39, 0.29) is 29.5 Å². The van der Waals surface area contributed by atoms with E-state index in [2.05, 4.69) is 5.32 Å². The SMILES string of the molecule is CCCNC(=O)[C@@H](Cc1ccccc1)N(Cc1ccc(Cl)cc1)C(=O)CN(c1cc(C)ccc1OC)S(=O)(=O)c1ccccc1. The summed E-state index contributed by atoms with van der Waals surface area (Å²) in [6.07, 6.45) is 0.945. The number of carbonyl (C=O) groups is 2. The molecular formula is C35H38ClN3O5S. The zero-order valence-corrected chi connectivity index (χ0v) is 27.2. The summed E-state index contributed by atoms with van der Waals surface area (Å²) in [6.45, 7) is 3.69. The summed E-state index contributed by atoms with van der Waals surface area (Å²) in [5.41, 5.74) is 2.60. The zero-order chi connectivity index (χ0) is 32.4. The summed E-state index contributed by atoms with van der Waals surface area (Å²) in [5, 5.41) is 3.48. The van der Waals surface area contributed by atoms with Gasteiger partial charge in [0.05, 0.1) is 17.7 Å². The van der Waals surface area contributed by atoms with Gasteiger partial charge in [0.1, 0.15) is 18.3 Å². The van der Waals surface area contributed by atoms with Crippen LogP contribution in [0.4, 0.5) is 5.69 Å². The first-order chi connectivity index (χ1) is 21.6. The molecule has 236 valence electrons. The predicted molar refractivity (Wildman–Crippen MR) is 178 cm³/mol. The van der Waals surface area contributed by atoms with Gasteiger partial charge < -0.3 is 15.0 Å². The number of halogens is 1. The van der Waals surface area contributed by atoms with Gasteiger partial charge in [-0.2, -0.15) is 0 Å². The lowest BCUT2D eigenvalue weighted by molar-refractivity contribution is -0.140. The van der Waals surface area contributed by atoms with Crippen LogP contribution in [-0.2, 0) is 32.6 Å². The van der Waals surface area contributed by atoms with Crippen molar-refractivity contribution < 1.29 is 22.7 Å². The van der Waals surface area contributed by atoms with Gasteiger partial charge in [0.25, 0.3) is 10.0 Å². The number of nitrogens with one attached hydrogen (secondary N) is 1. The highest BCUT2D eigenvalue weighted by Crippen LogP contribution is 2.34. The average Bonchev–Trinajstić information content (AvgIpc) is 3.05. The average molecular weight is 648 g/mol. The van der Waals surface area contributed by atoms with Crippen LogP contribution < -0.4 is 14.4 Å². The Kier molecular flexibility index (Phi) is 11.6. The molecule has 0 fully saturated rings. The Labute approximate surface area is 270 Å². The Bertz CT molecular complexity index is 1680. The summed E-state index contributed by atoms with van der Waals surface area (Å²) < 4.78 is 35.0. The number of rotatable bonds is 14. The third kappa shape index (κ3) is 8.65. The highest BCUT2D eigenvalue weighted by Gasteiger charge is 2.35. The molecule has 0 aliphatic rings. The molecule has 45 heavy (non-hydrogen) atoms. The summed E-state index contributed by atoms with van der Waals surface area (Å²) in [7, 11) is -2.79. The minimum Gasteiger partial charge on any atom is -0.495 e. The molecule has 0 saturated carbocycles. The molecule has 2 amide bonds. The van der Waals surface area contributed by atoms with Gasteiger partial charge in [-0.1, -0.05) is 85.3 Å². The molecule has 0 radical (unpaired) electrons. The van der Waals surface area contributed by atoms with E-state index in [9.17, 15) is 18.0 Å². The molecule has 4 aromatic rings. The molecule has 0 aliphatic carbocycles. The van der Waals surface area contributed by atoms with Crippen molar-refractivity contribution in [2.24, 2.45) is 0 Å². The smallest absolute Gasteiger partial charge is 0.264 e. The van der Waals surface area contributed by atoms with Crippen LogP contribution in [0, 0.1) is 6.92 Å². The number of carbonyl (C=O) groups excluding carboxylic acids is 2. The number of benzene rings is 4. The van der Waals surface area contributed by atoms with Crippen molar-refractivity contribution in [3.8, 4) is 5.75 Å². The maximum atomic E-state index is 14.5. The zero-order valence-electron chi connectivity index (χ0n) is 25.6. The van der Waals surface area contributed by atoms with E-state index in [4.69, 9.17) is 16.3 Å². The van der Waals surface area contributed by atoms with Crippen molar-refractivity contribution in [3.05, 3.63) is 125 Å². The normalized spacial score (nSPS) is 11.8. The molecule has 0 spiro atoms. The Morgan fingerprint density at radius 2 is 1.53 bits per heavy atom. The molecule has 0 aliphatic heterocycles. The Hall–Kier alpha value is -4.34. The third-order valence-corrected chi connectivity index (χ3v) is 9.33. The van der Waals surface area contributed by atoms with E-state index in [0.29, 0.717) is 23.7 Å². The topological polar surface area (TPSA) is 96.0 Å². The highest BCUT2D eigenvalue weighted by molar-refractivity contribution is 7.92. The number of amides is 2. The number of nitrogens with zero attached hydrogens (tertiary/aromatic N) is 2. The van der Waals surface area contributed by atoms with Crippen molar-refractivity contribution in [1.29, 1.82) is 0 Å². The van der Waals surface area contributed by atoms with Crippen molar-refractivity contribution in [1.82, 2.24) is 10.2 Å². The van der Waals surface area contributed by atoms with Crippen LogP contribution in [0.25, 0.3) is 0 Å². The third-order valence-electron chi connectivity index (χ3n) is 7.30. The number of anilines is 1. The number of methoxy groups -OCH3 is 1. The number of hydrogen-bond donors (Lipinski definition) is 1. The second-order valence-electron chi connectivity index (χ2n) is 10.6. The number of aryl methyl sites for hydroxylation is 1. The number of sulfonamides is 1. The van der Waals surface area contributed by atoms with E-state index in [1.165, 1.54) is 24.1 Å². The number of hydrogen-bond acceptors (Lipinski definition) is 5. The molecule has 0 aromatic heterocycles. The van der Waals surface area contributed by atoms with Gasteiger partial charge in [-0.25, -0.2) is 8.42 Å². The largest absolute Gasteiger partial charge is 0.495 e. The predicted octanol–water partition coefficient (Wildman–Crippen LogP) is 6.02. The van der Waals surface area contributed by atoms with Gasteiger partial charge in [0.2, 0.25) is 11.8 Å². The summed E-state index contributed by atoms with van der Waals surface area (Å²) in [6, 6.07) is 28.6. The van der Waals surface area contributed by atoms with Crippen LogP contribution in [0.15, 0.2) is 108 Å². The van der Waals surface area contributed by atoms with Crippen LogP contribution in [0.1, 0.15) is 30.0 Å². The van der Waals surface area contributed by atoms with E-state index < -0.39 is 28.5 Å². The molecule has 1 N–H and O–H groups in total. The minimum absolute atomic E-state index is 0.0205. The Balaban J connectivity index is 1.83. The lowest BCUT2D eigenvalue weighted by Crippen LogP contribution is -2.53. The Morgan fingerprint density at radius 3 is 2.16 bits per heavy atom. The van der Waals surface area contributed by atoms with E-state index in [0.717, 1.165) is 21.0 Å². The summed E-state index contributed by atoms with van der Waals surface area (Å²) >= 11 is 6.14. The van der Waals surface area contributed by atoms with Crippen molar-refractivity contribution in [2.45, 2.75) is 44.2 Å². The molecule has 0 bridgehead atoms. The van der Waals surface area contributed by atoms with Crippen LogP contribution >= 0.6 is 11.6 Å². The Morgan fingerprint density at radius 1 is 0.889 bits per heavy atom. The van der Waals surface area contributed by atoms with E-state index in [1.807, 2.05) is 44.2 Å². The van der Waals surface area contributed by atoms with Crippen LogP contribution in [-0.4, -0.2) is 51.4 Å².